The molecule has 0 radical (unpaired) electrons. The summed E-state index contributed by atoms with van der Waals surface area (Å²) in [7, 11) is 0. The molecule has 198 valence electrons. The fourth-order valence-electron chi connectivity index (χ4n) is 4.17. The van der Waals surface area contributed by atoms with E-state index in [0.717, 1.165) is 25.7 Å². The molecule has 1 N–H and O–H groups in total. The quantitative estimate of drug-likeness (QED) is 0.280. The van der Waals surface area contributed by atoms with Gasteiger partial charge in [-0.15, -0.1) is 6.58 Å². The highest BCUT2D eigenvalue weighted by Gasteiger charge is 2.54. The lowest BCUT2D eigenvalue weighted by Crippen LogP contribution is -2.69. The van der Waals surface area contributed by atoms with Crippen molar-refractivity contribution in [3.05, 3.63) is 12.7 Å². The number of alkyl halides is 3. The molecule has 1 amide bonds. The van der Waals surface area contributed by atoms with Crippen molar-refractivity contribution in [2.75, 3.05) is 19.8 Å². The monoisotopic (exact) mass is 495 g/mol. The van der Waals surface area contributed by atoms with Gasteiger partial charge in [0, 0.05) is 6.61 Å². The van der Waals surface area contributed by atoms with Crippen molar-refractivity contribution in [3.8, 4) is 0 Å². The number of hydrogen-bond acceptors (Lipinski definition) is 6. The molecule has 2 rings (SSSR count). The van der Waals surface area contributed by atoms with Gasteiger partial charge in [0.1, 0.15) is 24.4 Å². The van der Waals surface area contributed by atoms with Crippen LogP contribution in [-0.4, -0.2) is 68.3 Å². The van der Waals surface area contributed by atoms with Gasteiger partial charge < -0.3 is 29.0 Å². The average Bonchev–Trinajstić information content (AvgIpc) is 2.76. The highest BCUT2D eigenvalue weighted by Crippen LogP contribution is 2.35. The first-order valence-corrected chi connectivity index (χ1v) is 12.3. The highest BCUT2D eigenvalue weighted by atomic mass is 19.4. The zero-order chi connectivity index (χ0) is 25.2. The first kappa shape index (κ1) is 29.0. The molecular weight excluding hydrogens is 455 g/mol. The number of amides is 1. The number of ether oxygens (including phenoxy) is 5. The summed E-state index contributed by atoms with van der Waals surface area (Å²) in [5, 5.41) is 2.01. The maximum atomic E-state index is 13.1. The zero-order valence-corrected chi connectivity index (χ0v) is 20.5. The van der Waals surface area contributed by atoms with Gasteiger partial charge in [-0.1, -0.05) is 57.9 Å². The molecule has 10 heteroatoms. The van der Waals surface area contributed by atoms with E-state index in [1.807, 2.05) is 5.32 Å². The van der Waals surface area contributed by atoms with Gasteiger partial charge in [-0.3, -0.25) is 4.79 Å². The molecular formula is C24H40F3NO6. The Bertz CT molecular complexity index is 630. The minimum absolute atomic E-state index is 0.0262. The van der Waals surface area contributed by atoms with Crippen molar-refractivity contribution in [1.82, 2.24) is 5.32 Å². The second-order valence-corrected chi connectivity index (χ2v) is 9.27. The van der Waals surface area contributed by atoms with Gasteiger partial charge in [-0.05, 0) is 20.3 Å². The molecule has 2 fully saturated rings. The second-order valence-electron chi connectivity index (χ2n) is 9.27. The zero-order valence-electron chi connectivity index (χ0n) is 20.5. The molecule has 1 unspecified atom stereocenters. The largest absolute Gasteiger partial charge is 0.471 e. The van der Waals surface area contributed by atoms with E-state index in [9.17, 15) is 18.0 Å². The molecule has 2 heterocycles. The summed E-state index contributed by atoms with van der Waals surface area (Å²) >= 11 is 0. The lowest BCUT2D eigenvalue weighted by molar-refractivity contribution is -0.371. The van der Waals surface area contributed by atoms with E-state index >= 15 is 0 Å². The van der Waals surface area contributed by atoms with Gasteiger partial charge >= 0.3 is 12.1 Å². The first-order chi connectivity index (χ1) is 16.1. The lowest BCUT2D eigenvalue weighted by atomic mass is 9.94. The fourth-order valence-corrected chi connectivity index (χ4v) is 4.17. The lowest BCUT2D eigenvalue weighted by Gasteiger charge is -2.51. The molecule has 7 nitrogen and oxygen atoms in total. The Morgan fingerprint density at radius 1 is 1.12 bits per heavy atom. The highest BCUT2D eigenvalue weighted by molar-refractivity contribution is 5.82. The molecule has 0 saturated carbocycles. The van der Waals surface area contributed by atoms with E-state index in [1.54, 1.807) is 13.8 Å². The Hall–Kier alpha value is -1.20. The van der Waals surface area contributed by atoms with E-state index < -0.39 is 48.5 Å². The number of carbonyl (C=O) groups is 1. The summed E-state index contributed by atoms with van der Waals surface area (Å²) in [6.07, 6.45) is 1.76. The van der Waals surface area contributed by atoms with Crippen LogP contribution in [0.1, 0.15) is 72.1 Å². The Morgan fingerprint density at radius 2 is 1.76 bits per heavy atom. The summed E-state index contributed by atoms with van der Waals surface area (Å²) in [6, 6.07) is -1.22. The van der Waals surface area contributed by atoms with E-state index in [-0.39, 0.29) is 13.2 Å². The average molecular weight is 496 g/mol. The van der Waals surface area contributed by atoms with Crippen LogP contribution in [0.15, 0.2) is 12.7 Å². The summed E-state index contributed by atoms with van der Waals surface area (Å²) < 4.78 is 68.4. The first-order valence-electron chi connectivity index (χ1n) is 12.3. The van der Waals surface area contributed by atoms with Crippen molar-refractivity contribution in [2.45, 2.75) is 115 Å². The van der Waals surface area contributed by atoms with Crippen molar-refractivity contribution in [1.29, 1.82) is 0 Å². The van der Waals surface area contributed by atoms with Crippen LogP contribution in [0, 0.1) is 0 Å². The topological polar surface area (TPSA) is 75.2 Å². The van der Waals surface area contributed by atoms with Crippen LogP contribution in [0.25, 0.3) is 0 Å². The molecule has 2 aliphatic rings. The Morgan fingerprint density at radius 3 is 2.38 bits per heavy atom. The number of nitrogens with one attached hydrogen (secondary N) is 1. The summed E-state index contributed by atoms with van der Waals surface area (Å²) in [5.74, 6) is -3.06. The SMILES string of the molecule is C=CCO[C@H]1O[C@@H]2COC(C)(C)OC2[C@H](OCCCCCCCCCC)[C@H]1NC(=O)C(F)(F)F. The van der Waals surface area contributed by atoms with Crippen molar-refractivity contribution in [3.63, 3.8) is 0 Å². The minimum Gasteiger partial charge on any atom is -0.373 e. The normalized spacial score (nSPS) is 28.8. The minimum atomic E-state index is -5.06. The molecule has 0 aliphatic carbocycles. The van der Waals surface area contributed by atoms with Crippen LogP contribution in [0.5, 0.6) is 0 Å². The molecule has 2 saturated heterocycles. The van der Waals surface area contributed by atoms with Crippen molar-refractivity contribution >= 4 is 5.91 Å². The number of carbonyl (C=O) groups excluding carboxylic acids is 1. The van der Waals surface area contributed by atoms with E-state index in [4.69, 9.17) is 23.7 Å². The molecule has 34 heavy (non-hydrogen) atoms. The Kier molecular flexibility index (Phi) is 11.8. The van der Waals surface area contributed by atoms with Crippen LogP contribution >= 0.6 is 0 Å². The standard InChI is InChI=1S/C24H40F3NO6/c1-5-7-8-9-10-11-12-13-15-30-20-18(28-22(29)24(25,26)27)21(31-14-6-2)33-17-16-32-23(3,4)34-19(17)20/h6,17-21H,2,5,7-16H2,1,3-4H3,(H,28,29)/t17-,18-,19?,20-,21+/m1/s1. The number of fused-ring (bicyclic) bond motifs is 1. The third kappa shape index (κ3) is 9.11. The number of unbranched alkanes of at least 4 members (excludes halogenated alkanes) is 7. The number of halogens is 3. The molecule has 5 atom stereocenters. The summed E-state index contributed by atoms with van der Waals surface area (Å²) in [6.45, 7) is 9.67. The fraction of sp³-hybridized carbons (Fsp3) is 0.875. The molecule has 0 aromatic carbocycles. The van der Waals surface area contributed by atoms with E-state index in [1.165, 1.54) is 31.8 Å². The van der Waals surface area contributed by atoms with Gasteiger partial charge in [0.05, 0.1) is 13.2 Å². The van der Waals surface area contributed by atoms with Crippen LogP contribution in [0.3, 0.4) is 0 Å². The van der Waals surface area contributed by atoms with Gasteiger partial charge in [-0.2, -0.15) is 13.2 Å². The third-order valence-corrected chi connectivity index (χ3v) is 5.90. The van der Waals surface area contributed by atoms with Gasteiger partial charge in [0.15, 0.2) is 12.1 Å². The molecule has 0 aromatic rings. The molecule has 0 bridgehead atoms. The Balaban J connectivity index is 2.07. The van der Waals surface area contributed by atoms with Crippen LogP contribution in [-0.2, 0) is 28.5 Å². The second kappa shape index (κ2) is 13.8. The van der Waals surface area contributed by atoms with Gasteiger partial charge in [0.25, 0.3) is 0 Å². The van der Waals surface area contributed by atoms with Gasteiger partial charge in [-0.25, -0.2) is 0 Å². The predicted molar refractivity (Wildman–Crippen MR) is 120 cm³/mol. The smallest absolute Gasteiger partial charge is 0.373 e. The van der Waals surface area contributed by atoms with Crippen LogP contribution < -0.4 is 5.32 Å². The molecule has 2 aliphatic heterocycles. The summed E-state index contributed by atoms with van der Waals surface area (Å²) in [5.41, 5.74) is 0. The summed E-state index contributed by atoms with van der Waals surface area (Å²) in [4.78, 5) is 11.8. The van der Waals surface area contributed by atoms with E-state index in [0.29, 0.717) is 6.61 Å². The molecule has 0 aromatic heterocycles. The van der Waals surface area contributed by atoms with Gasteiger partial charge in [0.2, 0.25) is 0 Å². The third-order valence-electron chi connectivity index (χ3n) is 5.90. The predicted octanol–water partition coefficient (Wildman–Crippen LogP) is 4.64. The molecule has 0 spiro atoms. The Labute approximate surface area is 200 Å². The van der Waals surface area contributed by atoms with Crippen LogP contribution in [0.4, 0.5) is 13.2 Å². The van der Waals surface area contributed by atoms with E-state index in [2.05, 4.69) is 13.5 Å². The van der Waals surface area contributed by atoms with Crippen molar-refractivity contribution in [2.24, 2.45) is 0 Å². The number of rotatable bonds is 14. The maximum Gasteiger partial charge on any atom is 0.471 e. The van der Waals surface area contributed by atoms with Crippen LogP contribution in [0.2, 0.25) is 0 Å². The number of hydrogen-bond donors (Lipinski definition) is 1. The maximum absolute atomic E-state index is 13.1. The van der Waals surface area contributed by atoms with Crippen molar-refractivity contribution < 1.29 is 41.7 Å².